The van der Waals surface area contributed by atoms with Crippen LogP contribution in [0.1, 0.15) is 0 Å². The van der Waals surface area contributed by atoms with Crippen molar-refractivity contribution in [3.63, 3.8) is 0 Å². The van der Waals surface area contributed by atoms with Gasteiger partial charge in [0.2, 0.25) is 0 Å². The Kier molecular flexibility index (Phi) is 6.08. The van der Waals surface area contributed by atoms with Gasteiger partial charge < -0.3 is 14.4 Å². The van der Waals surface area contributed by atoms with E-state index in [-0.39, 0.29) is 11.4 Å². The summed E-state index contributed by atoms with van der Waals surface area (Å²) in [5.74, 6) is -1.06. The van der Waals surface area contributed by atoms with Gasteiger partial charge in [-0.2, -0.15) is 8.42 Å². The monoisotopic (exact) mass is 454 g/mol. The Morgan fingerprint density at radius 3 is 2.45 bits per heavy atom. The first-order valence-electron chi connectivity index (χ1n) is 9.59. The number of morpholine rings is 1. The molecule has 2 fully saturated rings. The van der Waals surface area contributed by atoms with E-state index in [2.05, 4.69) is 0 Å². The summed E-state index contributed by atoms with van der Waals surface area (Å²) >= 11 is 0. The standard InChI is InChI=1S/C20H20F2N2O6S/c21-14-1-4-17(5-2-14)31(26,27)29-13-16-12-24(20(25)30-16)15-3-6-19(18(22)11-15)23-7-9-28-10-8-23/h1-6,11,16H,7-10,12-13H2/t16-/m1/s1. The number of ether oxygens (including phenoxy) is 2. The highest BCUT2D eigenvalue weighted by molar-refractivity contribution is 7.86. The second-order valence-corrected chi connectivity index (χ2v) is 8.66. The van der Waals surface area contributed by atoms with Crippen LogP contribution in [-0.2, 0) is 23.8 Å². The molecule has 0 unspecified atom stereocenters. The predicted octanol–water partition coefficient (Wildman–Crippen LogP) is 2.53. The molecular weight excluding hydrogens is 434 g/mol. The number of halogens is 2. The fourth-order valence-corrected chi connectivity index (χ4v) is 4.31. The minimum absolute atomic E-state index is 0.00584. The molecule has 31 heavy (non-hydrogen) atoms. The normalized spacial score (nSPS) is 19.5. The van der Waals surface area contributed by atoms with Crippen LogP contribution in [0.2, 0.25) is 0 Å². The third-order valence-electron chi connectivity index (χ3n) is 4.98. The molecule has 2 saturated heterocycles. The van der Waals surface area contributed by atoms with Gasteiger partial charge in [-0.3, -0.25) is 9.08 Å². The van der Waals surface area contributed by atoms with Crippen molar-refractivity contribution in [3.05, 3.63) is 54.1 Å². The first kappa shape index (κ1) is 21.5. The fraction of sp³-hybridized carbons (Fsp3) is 0.350. The molecule has 2 aromatic carbocycles. The van der Waals surface area contributed by atoms with Crippen molar-refractivity contribution in [2.75, 3.05) is 49.3 Å². The summed E-state index contributed by atoms with van der Waals surface area (Å²) in [7, 11) is -4.14. The van der Waals surface area contributed by atoms with E-state index in [1.54, 1.807) is 12.1 Å². The van der Waals surface area contributed by atoms with Crippen molar-refractivity contribution >= 4 is 27.6 Å². The summed E-state index contributed by atoms with van der Waals surface area (Å²) in [5, 5.41) is 0. The molecule has 0 aliphatic carbocycles. The van der Waals surface area contributed by atoms with E-state index >= 15 is 0 Å². The first-order chi connectivity index (χ1) is 14.8. The molecule has 0 aromatic heterocycles. The van der Waals surface area contributed by atoms with Gasteiger partial charge in [-0.05, 0) is 42.5 Å². The Balaban J connectivity index is 1.40. The van der Waals surface area contributed by atoms with E-state index in [1.165, 1.54) is 11.0 Å². The zero-order chi connectivity index (χ0) is 22.0. The molecule has 1 amide bonds. The molecule has 2 aliphatic rings. The Morgan fingerprint density at radius 1 is 1.06 bits per heavy atom. The lowest BCUT2D eigenvalue weighted by Crippen LogP contribution is -2.36. The minimum atomic E-state index is -4.14. The highest BCUT2D eigenvalue weighted by atomic mass is 32.2. The third-order valence-corrected chi connectivity index (χ3v) is 6.28. The maximum absolute atomic E-state index is 14.6. The van der Waals surface area contributed by atoms with Crippen LogP contribution >= 0.6 is 0 Å². The van der Waals surface area contributed by atoms with E-state index < -0.39 is 40.6 Å². The van der Waals surface area contributed by atoms with Gasteiger partial charge in [-0.25, -0.2) is 13.6 Å². The SMILES string of the molecule is O=C1O[C@@H](COS(=O)(=O)c2ccc(F)cc2)CN1c1ccc(N2CCOCC2)c(F)c1. The lowest BCUT2D eigenvalue weighted by atomic mass is 10.2. The Hall–Kier alpha value is -2.76. The van der Waals surface area contributed by atoms with Crippen molar-refractivity contribution < 1.29 is 35.6 Å². The summed E-state index contributed by atoms with van der Waals surface area (Å²) in [4.78, 5) is 15.1. The van der Waals surface area contributed by atoms with E-state index in [0.717, 1.165) is 24.3 Å². The molecule has 2 heterocycles. The predicted molar refractivity (Wildman–Crippen MR) is 107 cm³/mol. The van der Waals surface area contributed by atoms with Crippen LogP contribution < -0.4 is 9.80 Å². The number of hydrogen-bond donors (Lipinski definition) is 0. The maximum atomic E-state index is 14.6. The van der Waals surface area contributed by atoms with Crippen molar-refractivity contribution in [1.29, 1.82) is 0 Å². The maximum Gasteiger partial charge on any atom is 0.414 e. The molecule has 2 aromatic rings. The summed E-state index contributed by atoms with van der Waals surface area (Å²) in [6, 6.07) is 8.60. The van der Waals surface area contributed by atoms with Crippen LogP contribution in [0.25, 0.3) is 0 Å². The van der Waals surface area contributed by atoms with E-state index in [4.69, 9.17) is 13.7 Å². The van der Waals surface area contributed by atoms with Gasteiger partial charge in [-0.15, -0.1) is 0 Å². The van der Waals surface area contributed by atoms with Gasteiger partial charge in [0.15, 0.2) is 0 Å². The zero-order valence-electron chi connectivity index (χ0n) is 16.4. The van der Waals surface area contributed by atoms with Gasteiger partial charge in [0.05, 0.1) is 36.0 Å². The molecule has 4 rings (SSSR count). The van der Waals surface area contributed by atoms with Crippen molar-refractivity contribution in [2.24, 2.45) is 0 Å². The van der Waals surface area contributed by atoms with Gasteiger partial charge in [0, 0.05) is 13.1 Å². The molecule has 0 saturated carbocycles. The third kappa shape index (κ3) is 4.78. The average Bonchev–Trinajstić information content (AvgIpc) is 3.14. The van der Waals surface area contributed by atoms with E-state index in [1.807, 2.05) is 4.90 Å². The second-order valence-electron chi connectivity index (χ2n) is 7.04. The van der Waals surface area contributed by atoms with Gasteiger partial charge in [-0.1, -0.05) is 0 Å². The first-order valence-corrected chi connectivity index (χ1v) is 11.0. The molecule has 0 N–H and O–H groups in total. The number of carbonyl (C=O) groups is 1. The number of carbonyl (C=O) groups excluding carboxylic acids is 1. The van der Waals surface area contributed by atoms with Crippen molar-refractivity contribution in [2.45, 2.75) is 11.0 Å². The molecule has 11 heteroatoms. The van der Waals surface area contributed by atoms with Crippen molar-refractivity contribution in [3.8, 4) is 0 Å². The number of amides is 1. The average molecular weight is 454 g/mol. The molecule has 166 valence electrons. The highest BCUT2D eigenvalue weighted by Crippen LogP contribution is 2.28. The van der Waals surface area contributed by atoms with Gasteiger partial charge in [0.1, 0.15) is 24.3 Å². The number of hydrogen-bond acceptors (Lipinski definition) is 7. The topological polar surface area (TPSA) is 85.4 Å². The minimum Gasteiger partial charge on any atom is -0.441 e. The van der Waals surface area contributed by atoms with Crippen LogP contribution in [0.4, 0.5) is 25.0 Å². The Bertz CT molecular complexity index is 1060. The molecule has 0 radical (unpaired) electrons. The number of nitrogens with zero attached hydrogens (tertiary/aromatic N) is 2. The lowest BCUT2D eigenvalue weighted by molar-refractivity contribution is 0.107. The number of benzene rings is 2. The van der Waals surface area contributed by atoms with Gasteiger partial charge in [0.25, 0.3) is 10.1 Å². The number of anilines is 2. The largest absolute Gasteiger partial charge is 0.441 e. The summed E-state index contributed by atoms with van der Waals surface area (Å²) in [6.07, 6.45) is -1.60. The van der Waals surface area contributed by atoms with E-state index in [9.17, 15) is 22.0 Å². The summed E-state index contributed by atoms with van der Waals surface area (Å²) in [6.45, 7) is 1.75. The molecule has 2 aliphatic heterocycles. The van der Waals surface area contributed by atoms with Crippen molar-refractivity contribution in [1.82, 2.24) is 0 Å². The molecular formula is C20H20F2N2O6S. The lowest BCUT2D eigenvalue weighted by Gasteiger charge is -2.29. The molecule has 1 atom stereocenters. The van der Waals surface area contributed by atoms with Crippen LogP contribution in [0.15, 0.2) is 47.4 Å². The quantitative estimate of drug-likeness (QED) is 0.620. The Labute approximate surface area is 178 Å². The van der Waals surface area contributed by atoms with E-state index in [0.29, 0.717) is 37.7 Å². The fourth-order valence-electron chi connectivity index (χ4n) is 3.38. The molecule has 0 bridgehead atoms. The van der Waals surface area contributed by atoms with Crippen LogP contribution in [0, 0.1) is 11.6 Å². The number of cyclic esters (lactones) is 1. The second kappa shape index (κ2) is 8.77. The highest BCUT2D eigenvalue weighted by Gasteiger charge is 2.34. The van der Waals surface area contributed by atoms with Gasteiger partial charge >= 0.3 is 6.09 Å². The summed E-state index contributed by atoms with van der Waals surface area (Å²) in [5.41, 5.74) is 0.716. The van der Waals surface area contributed by atoms with Crippen LogP contribution in [0.3, 0.4) is 0 Å². The van der Waals surface area contributed by atoms with Crippen LogP contribution in [0.5, 0.6) is 0 Å². The van der Waals surface area contributed by atoms with Crippen LogP contribution in [-0.4, -0.2) is 60.1 Å². The Morgan fingerprint density at radius 2 is 1.77 bits per heavy atom. The molecule has 8 nitrogen and oxygen atoms in total. The zero-order valence-corrected chi connectivity index (χ0v) is 17.2. The summed E-state index contributed by atoms with van der Waals surface area (Å²) < 4.78 is 67.4. The smallest absolute Gasteiger partial charge is 0.414 e. The molecule has 0 spiro atoms. The number of rotatable bonds is 6.